The first-order valence-electron chi connectivity index (χ1n) is 8.54. The van der Waals surface area contributed by atoms with Crippen molar-refractivity contribution in [3.63, 3.8) is 0 Å². The molecule has 0 radical (unpaired) electrons. The van der Waals surface area contributed by atoms with E-state index in [0.29, 0.717) is 0 Å². The molecule has 6 heteroatoms. The summed E-state index contributed by atoms with van der Waals surface area (Å²) in [6.45, 7) is 5.48. The Morgan fingerprint density at radius 1 is 1.29 bits per heavy atom. The number of amides is 1. The average molecular weight is 327 g/mol. The summed E-state index contributed by atoms with van der Waals surface area (Å²) in [5.74, 6) is 1.40. The highest BCUT2D eigenvalue weighted by molar-refractivity contribution is 5.81. The van der Waals surface area contributed by atoms with E-state index in [4.69, 9.17) is 5.73 Å². The Morgan fingerprint density at radius 3 is 2.67 bits per heavy atom. The third-order valence-corrected chi connectivity index (χ3v) is 4.74. The number of benzene rings is 1. The lowest BCUT2D eigenvalue weighted by Crippen LogP contribution is -2.48. The fourth-order valence-electron chi connectivity index (χ4n) is 3.65. The monoisotopic (exact) mass is 327 g/mol. The number of aromatic nitrogens is 3. The first-order chi connectivity index (χ1) is 11.6. The minimum absolute atomic E-state index is 0.233. The lowest BCUT2D eigenvalue weighted by molar-refractivity contribution is -0.125. The Balaban J connectivity index is 1.87. The standard InChI is InChI=1S/C18H25N5O/c1-13-20-14(2)23(21-13)12-16-10-6-7-11-22(16)17(18(19)24)15-8-4-3-5-9-15/h3-5,8-9,16-17H,6-7,10-12H2,1-2H3,(H2,19,24)/t16-,17+/m1/s1. The zero-order valence-electron chi connectivity index (χ0n) is 14.4. The number of carbonyl (C=O) groups excluding carboxylic acids is 1. The Labute approximate surface area is 142 Å². The highest BCUT2D eigenvalue weighted by atomic mass is 16.1. The number of likely N-dealkylation sites (tertiary alicyclic amines) is 1. The predicted octanol–water partition coefficient (Wildman–Crippen LogP) is 1.98. The van der Waals surface area contributed by atoms with Crippen LogP contribution >= 0.6 is 0 Å². The van der Waals surface area contributed by atoms with Crippen molar-refractivity contribution in [2.75, 3.05) is 6.54 Å². The number of nitrogens with two attached hydrogens (primary N) is 1. The van der Waals surface area contributed by atoms with E-state index < -0.39 is 0 Å². The highest BCUT2D eigenvalue weighted by Gasteiger charge is 2.33. The Kier molecular flexibility index (Phi) is 4.94. The van der Waals surface area contributed by atoms with Crippen LogP contribution in [-0.4, -0.2) is 38.2 Å². The van der Waals surface area contributed by atoms with Crippen LogP contribution in [0.1, 0.15) is 42.5 Å². The van der Waals surface area contributed by atoms with E-state index in [1.54, 1.807) is 0 Å². The van der Waals surface area contributed by atoms with E-state index in [9.17, 15) is 4.79 Å². The lowest BCUT2D eigenvalue weighted by Gasteiger charge is -2.40. The second-order valence-corrected chi connectivity index (χ2v) is 6.49. The third kappa shape index (κ3) is 3.48. The number of carbonyl (C=O) groups is 1. The van der Waals surface area contributed by atoms with Crippen molar-refractivity contribution in [1.29, 1.82) is 0 Å². The van der Waals surface area contributed by atoms with Crippen LogP contribution in [0.4, 0.5) is 0 Å². The van der Waals surface area contributed by atoms with E-state index in [1.807, 2.05) is 48.9 Å². The van der Waals surface area contributed by atoms with Crippen molar-refractivity contribution in [1.82, 2.24) is 19.7 Å². The SMILES string of the molecule is Cc1nc(C)n(C[C@H]2CCCCN2[C@H](C(N)=O)c2ccccc2)n1. The molecule has 128 valence electrons. The fourth-order valence-corrected chi connectivity index (χ4v) is 3.65. The zero-order chi connectivity index (χ0) is 17.1. The maximum absolute atomic E-state index is 12.2. The zero-order valence-corrected chi connectivity index (χ0v) is 14.4. The molecule has 1 fully saturated rings. The molecule has 1 aromatic carbocycles. The number of nitrogens with zero attached hydrogens (tertiary/aromatic N) is 4. The topological polar surface area (TPSA) is 77.0 Å². The van der Waals surface area contributed by atoms with Crippen molar-refractivity contribution in [3.8, 4) is 0 Å². The molecule has 1 aliphatic rings. The van der Waals surface area contributed by atoms with E-state index in [-0.39, 0.29) is 18.0 Å². The molecule has 0 aliphatic carbocycles. The summed E-state index contributed by atoms with van der Waals surface area (Å²) in [6, 6.07) is 9.66. The summed E-state index contributed by atoms with van der Waals surface area (Å²) < 4.78 is 1.95. The van der Waals surface area contributed by atoms with Gasteiger partial charge in [0.05, 0.1) is 6.54 Å². The van der Waals surface area contributed by atoms with Gasteiger partial charge in [-0.3, -0.25) is 9.69 Å². The van der Waals surface area contributed by atoms with Gasteiger partial charge in [-0.2, -0.15) is 5.10 Å². The van der Waals surface area contributed by atoms with Gasteiger partial charge in [-0.05, 0) is 38.8 Å². The summed E-state index contributed by atoms with van der Waals surface area (Å²) >= 11 is 0. The second kappa shape index (κ2) is 7.13. The average Bonchev–Trinajstić information content (AvgIpc) is 2.87. The van der Waals surface area contributed by atoms with Gasteiger partial charge in [0.25, 0.3) is 0 Å². The fraction of sp³-hybridized carbons (Fsp3) is 0.500. The minimum atomic E-state index is -0.388. The summed E-state index contributed by atoms with van der Waals surface area (Å²) in [7, 11) is 0. The number of hydrogen-bond donors (Lipinski definition) is 1. The molecule has 2 atom stereocenters. The van der Waals surface area contributed by atoms with Crippen LogP contribution in [0.15, 0.2) is 30.3 Å². The molecule has 3 rings (SSSR count). The molecule has 24 heavy (non-hydrogen) atoms. The summed E-state index contributed by atoms with van der Waals surface area (Å²) in [4.78, 5) is 18.8. The van der Waals surface area contributed by atoms with Crippen LogP contribution in [0.25, 0.3) is 0 Å². The molecule has 1 amide bonds. The van der Waals surface area contributed by atoms with E-state index in [0.717, 1.165) is 49.6 Å². The Bertz CT molecular complexity index is 697. The molecule has 2 aromatic rings. The van der Waals surface area contributed by atoms with Gasteiger partial charge < -0.3 is 5.73 Å². The first kappa shape index (κ1) is 16.6. The maximum atomic E-state index is 12.2. The first-order valence-corrected chi connectivity index (χ1v) is 8.54. The molecule has 0 spiro atoms. The van der Waals surface area contributed by atoms with Crippen molar-refractivity contribution < 1.29 is 4.79 Å². The quantitative estimate of drug-likeness (QED) is 0.911. The summed E-state index contributed by atoms with van der Waals surface area (Å²) in [6.07, 6.45) is 3.28. The Morgan fingerprint density at radius 2 is 2.04 bits per heavy atom. The van der Waals surface area contributed by atoms with Gasteiger partial charge >= 0.3 is 0 Å². The van der Waals surface area contributed by atoms with E-state index in [1.165, 1.54) is 0 Å². The van der Waals surface area contributed by atoms with Crippen molar-refractivity contribution in [2.45, 2.75) is 51.7 Å². The van der Waals surface area contributed by atoms with Crippen LogP contribution in [-0.2, 0) is 11.3 Å². The molecular weight excluding hydrogens is 302 g/mol. The number of hydrogen-bond acceptors (Lipinski definition) is 4. The van der Waals surface area contributed by atoms with E-state index in [2.05, 4.69) is 15.0 Å². The van der Waals surface area contributed by atoms with Gasteiger partial charge in [0.1, 0.15) is 17.7 Å². The molecule has 6 nitrogen and oxygen atoms in total. The Hall–Kier alpha value is -2.21. The van der Waals surface area contributed by atoms with Crippen molar-refractivity contribution >= 4 is 5.91 Å². The maximum Gasteiger partial charge on any atom is 0.239 e. The third-order valence-electron chi connectivity index (χ3n) is 4.74. The van der Waals surface area contributed by atoms with Crippen molar-refractivity contribution in [2.24, 2.45) is 5.73 Å². The summed E-state index contributed by atoms with van der Waals surface area (Å²) in [5, 5.41) is 4.48. The molecule has 0 saturated carbocycles. The molecule has 0 bridgehead atoms. The van der Waals surface area contributed by atoms with Gasteiger partial charge in [-0.1, -0.05) is 36.8 Å². The van der Waals surface area contributed by atoms with Gasteiger partial charge in [0, 0.05) is 6.04 Å². The van der Waals surface area contributed by atoms with Crippen LogP contribution in [0.3, 0.4) is 0 Å². The molecule has 2 N–H and O–H groups in total. The van der Waals surface area contributed by atoms with Gasteiger partial charge in [0.15, 0.2) is 0 Å². The molecule has 2 heterocycles. The van der Waals surface area contributed by atoms with Crippen molar-refractivity contribution in [3.05, 3.63) is 47.5 Å². The number of rotatable bonds is 5. The molecular formula is C18H25N5O. The highest BCUT2D eigenvalue weighted by Crippen LogP contribution is 2.29. The number of primary amides is 1. The molecule has 1 aromatic heterocycles. The molecule has 1 aliphatic heterocycles. The van der Waals surface area contributed by atoms with E-state index >= 15 is 0 Å². The number of piperidine rings is 1. The van der Waals surface area contributed by atoms with Gasteiger partial charge in [-0.15, -0.1) is 0 Å². The van der Waals surface area contributed by atoms with Crippen LogP contribution in [0.2, 0.25) is 0 Å². The minimum Gasteiger partial charge on any atom is -0.368 e. The second-order valence-electron chi connectivity index (χ2n) is 6.49. The smallest absolute Gasteiger partial charge is 0.239 e. The number of aryl methyl sites for hydroxylation is 2. The molecule has 1 saturated heterocycles. The van der Waals surface area contributed by atoms with Crippen LogP contribution < -0.4 is 5.73 Å². The summed E-state index contributed by atoms with van der Waals surface area (Å²) in [5.41, 5.74) is 6.74. The molecule has 0 unspecified atom stereocenters. The van der Waals surface area contributed by atoms with Crippen LogP contribution in [0, 0.1) is 13.8 Å². The predicted molar refractivity (Wildman–Crippen MR) is 92.2 cm³/mol. The normalized spacial score (nSPS) is 20.0. The largest absolute Gasteiger partial charge is 0.368 e. The lowest BCUT2D eigenvalue weighted by atomic mass is 9.95. The van der Waals surface area contributed by atoms with Gasteiger partial charge in [-0.25, -0.2) is 9.67 Å². The van der Waals surface area contributed by atoms with Crippen LogP contribution in [0.5, 0.6) is 0 Å². The van der Waals surface area contributed by atoms with Gasteiger partial charge in [0.2, 0.25) is 5.91 Å².